The zero-order chi connectivity index (χ0) is 18.8. The van der Waals surface area contributed by atoms with Crippen molar-refractivity contribution in [2.24, 2.45) is 0 Å². The van der Waals surface area contributed by atoms with Gasteiger partial charge < -0.3 is 5.32 Å². The van der Waals surface area contributed by atoms with Crippen molar-refractivity contribution >= 4 is 44.8 Å². The standard InChI is InChI=1S/C17H18Cl2N2O3S/c1-11(12-4-7-14(18)8-5-12)20-17(22)13-6-9-15(19)16(10-13)21(2)25(3,23)24/h4-11H,1-3H3,(H,20,22)/t11-/m0/s1. The molecular weight excluding hydrogens is 383 g/mol. The van der Waals surface area contributed by atoms with Crippen LogP contribution in [0.3, 0.4) is 0 Å². The Morgan fingerprint density at radius 1 is 1.12 bits per heavy atom. The Bertz CT molecular complexity index is 883. The van der Waals surface area contributed by atoms with E-state index in [2.05, 4.69) is 5.32 Å². The van der Waals surface area contributed by atoms with Crippen LogP contribution in [-0.2, 0) is 10.0 Å². The number of nitrogens with one attached hydrogen (secondary N) is 1. The highest BCUT2D eigenvalue weighted by Crippen LogP contribution is 2.28. The topological polar surface area (TPSA) is 66.5 Å². The molecule has 1 N–H and O–H groups in total. The fourth-order valence-electron chi connectivity index (χ4n) is 2.19. The zero-order valence-electron chi connectivity index (χ0n) is 14.0. The van der Waals surface area contributed by atoms with Gasteiger partial charge in [0.05, 0.1) is 23.0 Å². The van der Waals surface area contributed by atoms with Crippen LogP contribution in [0, 0.1) is 0 Å². The van der Waals surface area contributed by atoms with Crippen molar-refractivity contribution in [3.05, 3.63) is 63.6 Å². The summed E-state index contributed by atoms with van der Waals surface area (Å²) in [6.07, 6.45) is 1.07. The van der Waals surface area contributed by atoms with Crippen LogP contribution in [0.5, 0.6) is 0 Å². The minimum Gasteiger partial charge on any atom is -0.346 e. The first-order chi connectivity index (χ1) is 11.6. The number of carbonyl (C=O) groups excluding carboxylic acids is 1. The summed E-state index contributed by atoms with van der Waals surface area (Å²) in [4.78, 5) is 12.5. The Morgan fingerprint density at radius 2 is 1.72 bits per heavy atom. The molecule has 0 aliphatic heterocycles. The van der Waals surface area contributed by atoms with Gasteiger partial charge in [0.25, 0.3) is 5.91 Å². The second-order valence-corrected chi connectivity index (χ2v) is 8.50. The fourth-order valence-corrected chi connectivity index (χ4v) is 3.12. The van der Waals surface area contributed by atoms with E-state index in [-0.39, 0.29) is 22.7 Å². The highest BCUT2D eigenvalue weighted by molar-refractivity contribution is 7.92. The van der Waals surface area contributed by atoms with E-state index < -0.39 is 10.0 Å². The van der Waals surface area contributed by atoms with Crippen molar-refractivity contribution in [3.8, 4) is 0 Å². The monoisotopic (exact) mass is 400 g/mol. The van der Waals surface area contributed by atoms with Crippen LogP contribution < -0.4 is 9.62 Å². The number of benzene rings is 2. The molecule has 0 bridgehead atoms. The number of carbonyl (C=O) groups is 1. The molecule has 2 rings (SSSR count). The first-order valence-electron chi connectivity index (χ1n) is 7.39. The quantitative estimate of drug-likeness (QED) is 0.827. The first kappa shape index (κ1) is 19.6. The maximum absolute atomic E-state index is 12.5. The molecule has 2 aromatic carbocycles. The van der Waals surface area contributed by atoms with Crippen LogP contribution in [0.15, 0.2) is 42.5 Å². The van der Waals surface area contributed by atoms with Gasteiger partial charge in [-0.05, 0) is 42.8 Å². The van der Waals surface area contributed by atoms with E-state index in [9.17, 15) is 13.2 Å². The van der Waals surface area contributed by atoms with Gasteiger partial charge in [-0.25, -0.2) is 8.42 Å². The van der Waals surface area contributed by atoms with Gasteiger partial charge in [0, 0.05) is 17.6 Å². The molecule has 0 aliphatic rings. The summed E-state index contributed by atoms with van der Waals surface area (Å²) in [5.41, 5.74) is 1.46. The third-order valence-electron chi connectivity index (χ3n) is 3.76. The Morgan fingerprint density at radius 3 is 2.28 bits per heavy atom. The number of anilines is 1. The Labute approximate surface area is 157 Å². The number of halogens is 2. The van der Waals surface area contributed by atoms with Crippen LogP contribution in [0.2, 0.25) is 10.0 Å². The molecule has 0 spiro atoms. The van der Waals surface area contributed by atoms with Crippen molar-refractivity contribution in [2.75, 3.05) is 17.6 Å². The van der Waals surface area contributed by atoms with E-state index in [1.54, 1.807) is 18.2 Å². The van der Waals surface area contributed by atoms with Gasteiger partial charge in [-0.15, -0.1) is 0 Å². The van der Waals surface area contributed by atoms with E-state index >= 15 is 0 Å². The highest BCUT2D eigenvalue weighted by Gasteiger charge is 2.18. The van der Waals surface area contributed by atoms with Crippen molar-refractivity contribution in [1.82, 2.24) is 5.32 Å². The number of hydrogen-bond acceptors (Lipinski definition) is 3. The van der Waals surface area contributed by atoms with Gasteiger partial charge in [-0.2, -0.15) is 0 Å². The molecular formula is C17H18Cl2N2O3S. The lowest BCUT2D eigenvalue weighted by Gasteiger charge is -2.19. The van der Waals surface area contributed by atoms with Crippen LogP contribution in [0.4, 0.5) is 5.69 Å². The number of amides is 1. The second kappa shape index (κ2) is 7.64. The molecule has 134 valence electrons. The van der Waals surface area contributed by atoms with Gasteiger partial charge >= 0.3 is 0 Å². The zero-order valence-corrected chi connectivity index (χ0v) is 16.3. The van der Waals surface area contributed by atoms with Gasteiger partial charge in [0.2, 0.25) is 10.0 Å². The molecule has 0 heterocycles. The molecule has 5 nitrogen and oxygen atoms in total. The van der Waals surface area contributed by atoms with Gasteiger partial charge in [-0.1, -0.05) is 35.3 Å². The Balaban J connectivity index is 2.23. The predicted molar refractivity (Wildman–Crippen MR) is 102 cm³/mol. The lowest BCUT2D eigenvalue weighted by Crippen LogP contribution is -2.28. The minimum absolute atomic E-state index is 0.239. The highest BCUT2D eigenvalue weighted by atomic mass is 35.5. The summed E-state index contributed by atoms with van der Waals surface area (Å²) in [7, 11) is -2.10. The lowest BCUT2D eigenvalue weighted by atomic mass is 10.1. The Kier molecular flexibility index (Phi) is 5.98. The number of rotatable bonds is 5. The summed E-state index contributed by atoms with van der Waals surface area (Å²) < 4.78 is 24.5. The summed E-state index contributed by atoms with van der Waals surface area (Å²) >= 11 is 11.9. The molecule has 0 unspecified atom stereocenters. The fraction of sp³-hybridized carbons (Fsp3) is 0.235. The molecule has 1 atom stereocenters. The molecule has 0 aliphatic carbocycles. The molecule has 0 aromatic heterocycles. The maximum atomic E-state index is 12.5. The summed E-state index contributed by atoms with van der Waals surface area (Å²) in [6, 6.07) is 11.4. The predicted octanol–water partition coefficient (Wildman–Crippen LogP) is 3.88. The Hall–Kier alpha value is -1.76. The van der Waals surface area contributed by atoms with Crippen LogP contribution in [0.25, 0.3) is 0 Å². The van der Waals surface area contributed by atoms with E-state index in [1.807, 2.05) is 19.1 Å². The lowest BCUT2D eigenvalue weighted by molar-refractivity contribution is 0.0940. The summed E-state index contributed by atoms with van der Waals surface area (Å²) in [5, 5.41) is 3.73. The SMILES string of the molecule is C[C@H](NC(=O)c1ccc(Cl)c(N(C)S(C)(=O)=O)c1)c1ccc(Cl)cc1. The summed E-state index contributed by atoms with van der Waals surface area (Å²) in [6.45, 7) is 1.85. The molecule has 0 fully saturated rings. The van der Waals surface area contributed by atoms with E-state index in [0.717, 1.165) is 16.1 Å². The molecule has 2 aromatic rings. The molecule has 0 radical (unpaired) electrons. The smallest absolute Gasteiger partial charge is 0.251 e. The van der Waals surface area contributed by atoms with Gasteiger partial charge in [-0.3, -0.25) is 9.10 Å². The summed E-state index contributed by atoms with van der Waals surface area (Å²) in [5.74, 6) is -0.331. The molecule has 0 saturated heterocycles. The minimum atomic E-state index is -3.49. The molecule has 1 amide bonds. The van der Waals surface area contributed by atoms with Crippen molar-refractivity contribution < 1.29 is 13.2 Å². The van der Waals surface area contributed by atoms with Crippen LogP contribution >= 0.6 is 23.2 Å². The number of nitrogens with zero attached hydrogens (tertiary/aromatic N) is 1. The average molecular weight is 401 g/mol. The number of sulfonamides is 1. The van der Waals surface area contributed by atoms with Crippen LogP contribution in [0.1, 0.15) is 28.9 Å². The van der Waals surface area contributed by atoms with Crippen molar-refractivity contribution in [1.29, 1.82) is 0 Å². The van der Waals surface area contributed by atoms with Gasteiger partial charge in [0.15, 0.2) is 0 Å². The third kappa shape index (κ3) is 4.87. The second-order valence-electron chi connectivity index (χ2n) is 5.64. The van der Waals surface area contributed by atoms with E-state index in [1.165, 1.54) is 19.2 Å². The average Bonchev–Trinajstić information content (AvgIpc) is 2.54. The number of hydrogen-bond donors (Lipinski definition) is 1. The van der Waals surface area contributed by atoms with E-state index in [0.29, 0.717) is 10.6 Å². The van der Waals surface area contributed by atoms with E-state index in [4.69, 9.17) is 23.2 Å². The largest absolute Gasteiger partial charge is 0.346 e. The third-order valence-corrected chi connectivity index (χ3v) is 5.53. The van der Waals surface area contributed by atoms with Crippen LogP contribution in [-0.4, -0.2) is 27.6 Å². The molecule has 0 saturated carbocycles. The molecule has 8 heteroatoms. The first-order valence-corrected chi connectivity index (χ1v) is 10.00. The molecule has 25 heavy (non-hydrogen) atoms. The normalized spacial score (nSPS) is 12.5. The van der Waals surface area contributed by atoms with Gasteiger partial charge in [0.1, 0.15) is 0 Å². The van der Waals surface area contributed by atoms with Crippen molar-refractivity contribution in [3.63, 3.8) is 0 Å². The maximum Gasteiger partial charge on any atom is 0.251 e. The van der Waals surface area contributed by atoms with Crippen molar-refractivity contribution in [2.45, 2.75) is 13.0 Å².